The molecule has 0 saturated heterocycles. The topological polar surface area (TPSA) is 0 Å². The minimum atomic E-state index is -1.60. The zero-order valence-electron chi connectivity index (χ0n) is 19.6. The van der Waals surface area contributed by atoms with Gasteiger partial charge in [0.2, 0.25) is 0 Å². The standard InChI is InChI=1S/C29H39Si/c1-5-7-9-11-13-22-15-17-23(18-16-22)27-26-20-19-24-21-25(14-12-10-8-6-2)29(28(24)27)30(26,3)4/h15-21H,5-14H2,1-4H3. The summed E-state index contributed by atoms with van der Waals surface area (Å²) in [4.78, 5) is 0. The Bertz CT molecular complexity index is 914. The third-order valence-corrected chi connectivity index (χ3v) is 10.9. The molecule has 159 valence electrons. The van der Waals surface area contributed by atoms with Crippen LogP contribution in [0.5, 0.6) is 0 Å². The van der Waals surface area contributed by atoms with E-state index in [9.17, 15) is 0 Å². The second-order valence-corrected chi connectivity index (χ2v) is 14.2. The van der Waals surface area contributed by atoms with Gasteiger partial charge in [0, 0.05) is 6.42 Å². The van der Waals surface area contributed by atoms with E-state index in [1.54, 1.807) is 27.1 Å². The molecule has 1 radical (unpaired) electrons. The Morgan fingerprint density at radius 2 is 1.33 bits per heavy atom. The molecule has 1 aliphatic heterocycles. The maximum Gasteiger partial charge on any atom is 0.113 e. The average molecular weight is 416 g/mol. The summed E-state index contributed by atoms with van der Waals surface area (Å²) in [7, 11) is -1.60. The maximum absolute atomic E-state index is 2.57. The van der Waals surface area contributed by atoms with Gasteiger partial charge in [-0.05, 0) is 63.9 Å². The van der Waals surface area contributed by atoms with E-state index in [4.69, 9.17) is 0 Å². The van der Waals surface area contributed by atoms with Crippen molar-refractivity contribution in [3.8, 4) is 11.1 Å². The molecule has 0 unspecified atom stereocenters. The molecule has 0 nitrogen and oxygen atoms in total. The largest absolute Gasteiger partial charge is 0.113 e. The first kappa shape index (κ1) is 21.6. The van der Waals surface area contributed by atoms with Crippen molar-refractivity contribution in [2.24, 2.45) is 0 Å². The number of hydrogen-bond acceptors (Lipinski definition) is 0. The molecule has 0 N–H and O–H groups in total. The van der Waals surface area contributed by atoms with E-state index in [1.807, 2.05) is 0 Å². The number of unbranched alkanes of at least 4 members (excludes halogenated alkanes) is 6. The van der Waals surface area contributed by atoms with Crippen LogP contribution in [0.3, 0.4) is 0 Å². The van der Waals surface area contributed by atoms with Crippen molar-refractivity contribution >= 4 is 18.5 Å². The molecule has 0 aromatic heterocycles. The van der Waals surface area contributed by atoms with Crippen molar-refractivity contribution in [3.05, 3.63) is 65.1 Å². The van der Waals surface area contributed by atoms with Crippen LogP contribution in [0.2, 0.25) is 13.1 Å². The van der Waals surface area contributed by atoms with E-state index < -0.39 is 8.07 Å². The van der Waals surface area contributed by atoms with Crippen molar-refractivity contribution in [1.29, 1.82) is 0 Å². The van der Waals surface area contributed by atoms with Crippen LogP contribution in [0.25, 0.3) is 16.3 Å². The van der Waals surface area contributed by atoms with E-state index in [0.717, 1.165) is 0 Å². The SMILES string of the molecule is CCCCCCC1=C2c3c(ccc(c3-c3ccc(CCCCCC)cc3)[Si]2(C)C)[CH]1. The Labute approximate surface area is 185 Å². The monoisotopic (exact) mass is 415 g/mol. The Morgan fingerprint density at radius 3 is 2.00 bits per heavy atom. The first-order valence-corrected chi connectivity index (χ1v) is 15.4. The van der Waals surface area contributed by atoms with Crippen molar-refractivity contribution < 1.29 is 0 Å². The Morgan fingerprint density at radius 1 is 0.667 bits per heavy atom. The van der Waals surface area contributed by atoms with Crippen LogP contribution in [-0.4, -0.2) is 8.07 Å². The van der Waals surface area contributed by atoms with Crippen molar-refractivity contribution in [1.82, 2.24) is 0 Å². The van der Waals surface area contributed by atoms with Gasteiger partial charge in [0.15, 0.2) is 0 Å². The summed E-state index contributed by atoms with van der Waals surface area (Å²) in [5, 5.41) is 3.42. The zero-order valence-corrected chi connectivity index (χ0v) is 20.6. The van der Waals surface area contributed by atoms with Crippen LogP contribution in [0, 0.1) is 6.42 Å². The molecule has 2 aliphatic rings. The van der Waals surface area contributed by atoms with E-state index in [-0.39, 0.29) is 0 Å². The second-order valence-electron chi connectivity index (χ2n) is 9.94. The summed E-state index contributed by atoms with van der Waals surface area (Å²) < 4.78 is 0. The van der Waals surface area contributed by atoms with E-state index in [0.29, 0.717) is 0 Å². The predicted molar refractivity (Wildman–Crippen MR) is 136 cm³/mol. The summed E-state index contributed by atoms with van der Waals surface area (Å²) in [6, 6.07) is 14.4. The number of fused-ring (bicyclic) bond motifs is 1. The second kappa shape index (κ2) is 9.26. The molecule has 1 aliphatic carbocycles. The highest BCUT2D eigenvalue weighted by Crippen LogP contribution is 2.50. The number of hydrogen-bond donors (Lipinski definition) is 0. The molecule has 2 bridgehead atoms. The highest BCUT2D eigenvalue weighted by Gasteiger charge is 2.45. The minimum absolute atomic E-state index is 1.22. The minimum Gasteiger partial charge on any atom is -0.0654 e. The average Bonchev–Trinajstić information content (AvgIpc) is 3.20. The molecule has 1 heteroatoms. The number of benzene rings is 2. The predicted octanol–water partition coefficient (Wildman–Crippen LogP) is 8.23. The van der Waals surface area contributed by atoms with Crippen molar-refractivity contribution in [3.63, 3.8) is 0 Å². The lowest BCUT2D eigenvalue weighted by atomic mass is 9.95. The van der Waals surface area contributed by atoms with E-state index in [2.05, 4.69) is 69.8 Å². The van der Waals surface area contributed by atoms with Crippen LogP contribution in [0.4, 0.5) is 0 Å². The quantitative estimate of drug-likeness (QED) is 0.256. The van der Waals surface area contributed by atoms with Gasteiger partial charge in [0.25, 0.3) is 0 Å². The zero-order chi connectivity index (χ0) is 21.1. The first-order chi connectivity index (χ1) is 14.6. The summed E-state index contributed by atoms with van der Waals surface area (Å²) in [6.07, 6.45) is 15.8. The summed E-state index contributed by atoms with van der Waals surface area (Å²) >= 11 is 0. The van der Waals surface area contributed by atoms with Gasteiger partial charge < -0.3 is 0 Å². The molecule has 1 heterocycles. The van der Waals surface area contributed by atoms with Gasteiger partial charge >= 0.3 is 0 Å². The molecular formula is C29H39Si. The lowest BCUT2D eigenvalue weighted by Gasteiger charge is -2.22. The fourth-order valence-electron chi connectivity index (χ4n) is 5.63. The molecule has 2 aromatic carbocycles. The lowest BCUT2D eigenvalue weighted by Crippen LogP contribution is -2.39. The lowest BCUT2D eigenvalue weighted by molar-refractivity contribution is 0.667. The highest BCUT2D eigenvalue weighted by molar-refractivity contribution is 7.07. The summed E-state index contributed by atoms with van der Waals surface area (Å²) in [5.74, 6) is 0. The van der Waals surface area contributed by atoms with Gasteiger partial charge in [-0.1, -0.05) is 107 Å². The van der Waals surface area contributed by atoms with Crippen LogP contribution in [0.1, 0.15) is 88.3 Å². The van der Waals surface area contributed by atoms with Gasteiger partial charge in [-0.2, -0.15) is 0 Å². The molecule has 0 fully saturated rings. The molecule has 30 heavy (non-hydrogen) atoms. The first-order valence-electron chi connectivity index (χ1n) is 12.4. The Kier molecular flexibility index (Phi) is 6.68. The molecule has 0 spiro atoms. The summed E-state index contributed by atoms with van der Waals surface area (Å²) in [6.45, 7) is 9.74. The van der Waals surface area contributed by atoms with Crippen molar-refractivity contribution in [2.75, 3.05) is 0 Å². The highest BCUT2D eigenvalue weighted by atomic mass is 28.3. The molecule has 2 aromatic rings. The molecule has 4 rings (SSSR count). The van der Waals surface area contributed by atoms with Crippen LogP contribution >= 0.6 is 0 Å². The van der Waals surface area contributed by atoms with Gasteiger partial charge in [0.1, 0.15) is 8.07 Å². The third kappa shape index (κ3) is 3.98. The summed E-state index contributed by atoms with van der Waals surface area (Å²) in [5.41, 5.74) is 9.25. The molecule has 0 atom stereocenters. The number of aryl methyl sites for hydroxylation is 1. The molecule has 0 amide bonds. The third-order valence-electron chi connectivity index (χ3n) is 7.30. The van der Waals surface area contributed by atoms with E-state index in [1.165, 1.54) is 80.9 Å². The fourth-order valence-corrected chi connectivity index (χ4v) is 9.19. The Balaban J connectivity index is 1.60. The fraction of sp³-hybridized carbons (Fsp3) is 0.483. The smallest absolute Gasteiger partial charge is 0.0654 e. The van der Waals surface area contributed by atoms with Gasteiger partial charge in [-0.15, -0.1) is 0 Å². The van der Waals surface area contributed by atoms with Crippen LogP contribution in [-0.2, 0) is 6.42 Å². The van der Waals surface area contributed by atoms with Crippen LogP contribution < -0.4 is 5.19 Å². The van der Waals surface area contributed by atoms with Gasteiger partial charge in [-0.3, -0.25) is 0 Å². The molecule has 0 saturated carbocycles. The molecular weight excluding hydrogens is 376 g/mol. The van der Waals surface area contributed by atoms with Crippen LogP contribution in [0.15, 0.2) is 42.0 Å². The Hall–Kier alpha value is -1.60. The normalized spacial score (nSPS) is 16.0. The number of rotatable bonds is 11. The maximum atomic E-state index is 2.57. The van der Waals surface area contributed by atoms with Gasteiger partial charge in [0.05, 0.1) is 0 Å². The number of allylic oxidation sites excluding steroid dienone is 1. The van der Waals surface area contributed by atoms with Gasteiger partial charge in [-0.25, -0.2) is 0 Å². The van der Waals surface area contributed by atoms with E-state index >= 15 is 0 Å². The van der Waals surface area contributed by atoms with Crippen molar-refractivity contribution in [2.45, 2.75) is 91.1 Å².